The van der Waals surface area contributed by atoms with Gasteiger partial charge >= 0.3 is 37.7 Å². The van der Waals surface area contributed by atoms with Gasteiger partial charge in [0.1, 0.15) is 5.75 Å². The van der Waals surface area contributed by atoms with Crippen LogP contribution in [0, 0.1) is 13.8 Å². The zero-order valence-electron chi connectivity index (χ0n) is 8.18. The van der Waals surface area contributed by atoms with Crippen LogP contribution in [0.2, 0.25) is 0 Å². The third kappa shape index (κ3) is 3.16. The van der Waals surface area contributed by atoms with Crippen LogP contribution in [0.5, 0.6) is 5.75 Å². The fraction of sp³-hybridized carbons (Fsp3) is 0.455. The molecule has 0 atom stereocenters. The van der Waals surface area contributed by atoms with Crippen molar-refractivity contribution in [1.82, 2.24) is 0 Å². The third-order valence-electron chi connectivity index (χ3n) is 2.27. The van der Waals surface area contributed by atoms with Gasteiger partial charge in [-0.05, 0) is 42.5 Å². The van der Waals surface area contributed by atoms with Crippen LogP contribution in [0.25, 0.3) is 0 Å². The summed E-state index contributed by atoms with van der Waals surface area (Å²) in [6.07, 6.45) is 0. The zero-order chi connectivity index (χ0) is 9.30. The van der Waals surface area contributed by atoms with Crippen molar-refractivity contribution in [2.75, 3.05) is 0 Å². The molecule has 0 saturated carbocycles. The molecule has 0 unspecified atom stereocenters. The maximum atomic E-state index is 9.59. The molecule has 0 aliphatic rings. The monoisotopic (exact) mass is 206 g/mol. The summed E-state index contributed by atoms with van der Waals surface area (Å²) in [6.45, 7) is 8.26. The molecule has 0 radical (unpaired) electrons. The molecule has 0 bridgehead atoms. The average Bonchev–Trinajstić information content (AvgIpc) is 1.96. The van der Waals surface area contributed by atoms with Crippen LogP contribution in [0.4, 0.5) is 0 Å². The van der Waals surface area contributed by atoms with Gasteiger partial charge in [0.15, 0.2) is 0 Å². The van der Waals surface area contributed by atoms with E-state index in [1.807, 2.05) is 13.0 Å². The minimum absolute atomic E-state index is 0. The van der Waals surface area contributed by atoms with E-state index in [9.17, 15) is 5.11 Å². The Morgan fingerprint density at radius 3 is 2.00 bits per heavy atom. The van der Waals surface area contributed by atoms with Crippen molar-refractivity contribution < 1.29 is 5.11 Å². The van der Waals surface area contributed by atoms with Gasteiger partial charge in [0.05, 0.1) is 0 Å². The Hall–Kier alpha value is 0.280. The first-order valence-electron chi connectivity index (χ1n) is 4.32. The summed E-state index contributed by atoms with van der Waals surface area (Å²) in [5.74, 6) is 0.817. The van der Waals surface area contributed by atoms with E-state index >= 15 is 0 Å². The van der Waals surface area contributed by atoms with Crippen LogP contribution in [-0.4, -0.2) is 42.8 Å². The minimum atomic E-state index is 0. The summed E-state index contributed by atoms with van der Waals surface area (Å²) in [5.41, 5.74) is 3.44. The van der Waals surface area contributed by atoms with E-state index in [1.54, 1.807) is 0 Å². The molecule has 2 heteroatoms. The number of phenols is 1. The molecule has 0 aromatic heterocycles. The topological polar surface area (TPSA) is 20.2 Å². The predicted molar refractivity (Wildman–Crippen MR) is 60.2 cm³/mol. The fourth-order valence-electron chi connectivity index (χ4n) is 1.29. The van der Waals surface area contributed by atoms with Gasteiger partial charge in [-0.25, -0.2) is 0 Å². The third-order valence-corrected chi connectivity index (χ3v) is 2.27. The summed E-state index contributed by atoms with van der Waals surface area (Å²) in [4.78, 5) is 0. The summed E-state index contributed by atoms with van der Waals surface area (Å²) in [7, 11) is 0. The van der Waals surface area contributed by atoms with E-state index in [1.165, 1.54) is 5.56 Å². The maximum absolute atomic E-state index is 9.59. The van der Waals surface area contributed by atoms with E-state index in [2.05, 4.69) is 26.8 Å². The number of phenolic OH excluding ortho intramolecular Hbond substituents is 1. The number of aryl methyl sites for hydroxylation is 2. The van der Waals surface area contributed by atoms with Gasteiger partial charge in [-0.15, -0.1) is 0 Å². The van der Waals surface area contributed by atoms with Crippen LogP contribution >= 0.6 is 0 Å². The Morgan fingerprint density at radius 1 is 1.08 bits per heavy atom. The standard InChI is InChI=1S/C11H16O.Ca.2H/c1-7(2)10-5-8(3)9(4)6-11(10)12;;;/h5-7,12H,1-4H3;;;. The van der Waals surface area contributed by atoms with Crippen LogP contribution in [0.3, 0.4) is 0 Å². The van der Waals surface area contributed by atoms with E-state index in [0.717, 1.165) is 11.1 Å². The first-order valence-corrected chi connectivity index (χ1v) is 4.32. The van der Waals surface area contributed by atoms with Crippen LogP contribution in [-0.2, 0) is 0 Å². The first kappa shape index (κ1) is 13.3. The fourth-order valence-corrected chi connectivity index (χ4v) is 1.29. The van der Waals surface area contributed by atoms with Crippen molar-refractivity contribution >= 4 is 37.7 Å². The van der Waals surface area contributed by atoms with Gasteiger partial charge in [0.2, 0.25) is 0 Å². The van der Waals surface area contributed by atoms with Gasteiger partial charge < -0.3 is 5.11 Å². The number of hydrogen-bond donors (Lipinski definition) is 1. The molecule has 1 aromatic carbocycles. The second-order valence-corrected chi connectivity index (χ2v) is 3.65. The zero-order valence-corrected chi connectivity index (χ0v) is 8.18. The van der Waals surface area contributed by atoms with Gasteiger partial charge in [-0.1, -0.05) is 19.9 Å². The van der Waals surface area contributed by atoms with Crippen LogP contribution < -0.4 is 0 Å². The van der Waals surface area contributed by atoms with E-state index in [0.29, 0.717) is 11.7 Å². The predicted octanol–water partition coefficient (Wildman–Crippen LogP) is 2.22. The van der Waals surface area contributed by atoms with Crippen molar-refractivity contribution in [3.05, 3.63) is 28.8 Å². The van der Waals surface area contributed by atoms with Gasteiger partial charge in [0.25, 0.3) is 0 Å². The number of rotatable bonds is 1. The van der Waals surface area contributed by atoms with Crippen molar-refractivity contribution in [3.63, 3.8) is 0 Å². The molecule has 1 aromatic rings. The van der Waals surface area contributed by atoms with Crippen LogP contribution in [0.15, 0.2) is 12.1 Å². The molecule has 0 spiro atoms. The average molecular weight is 206 g/mol. The molecule has 70 valence electrons. The van der Waals surface area contributed by atoms with E-state index in [4.69, 9.17) is 0 Å². The van der Waals surface area contributed by atoms with Gasteiger partial charge in [0, 0.05) is 0 Å². The van der Waals surface area contributed by atoms with E-state index < -0.39 is 0 Å². The number of aromatic hydroxyl groups is 1. The summed E-state index contributed by atoms with van der Waals surface area (Å²) < 4.78 is 0. The van der Waals surface area contributed by atoms with E-state index in [-0.39, 0.29) is 37.7 Å². The van der Waals surface area contributed by atoms with Crippen molar-refractivity contribution in [1.29, 1.82) is 0 Å². The Labute approximate surface area is 110 Å². The van der Waals surface area contributed by atoms with Crippen LogP contribution in [0.1, 0.15) is 36.5 Å². The second kappa shape index (κ2) is 5.23. The molecule has 1 rings (SSSR count). The Kier molecular flexibility index (Phi) is 5.35. The molecule has 0 aliphatic heterocycles. The van der Waals surface area contributed by atoms with Crippen molar-refractivity contribution in [2.24, 2.45) is 0 Å². The second-order valence-electron chi connectivity index (χ2n) is 3.65. The van der Waals surface area contributed by atoms with Crippen molar-refractivity contribution in [2.45, 2.75) is 33.6 Å². The molecule has 0 saturated heterocycles. The van der Waals surface area contributed by atoms with Gasteiger partial charge in [-0.3, -0.25) is 0 Å². The SMILES string of the molecule is Cc1cc(O)c(C(C)C)cc1C.[CaH2]. The Morgan fingerprint density at radius 2 is 1.54 bits per heavy atom. The van der Waals surface area contributed by atoms with Crippen molar-refractivity contribution in [3.8, 4) is 5.75 Å². The molecular formula is C11H18CaO. The van der Waals surface area contributed by atoms with Gasteiger partial charge in [-0.2, -0.15) is 0 Å². The molecule has 0 heterocycles. The quantitative estimate of drug-likeness (QED) is 0.699. The number of hydrogen-bond acceptors (Lipinski definition) is 1. The molecule has 13 heavy (non-hydrogen) atoms. The molecule has 0 fully saturated rings. The summed E-state index contributed by atoms with van der Waals surface area (Å²) >= 11 is 0. The molecule has 0 aliphatic carbocycles. The molecule has 1 N–H and O–H groups in total. The normalized spacial score (nSPS) is 9.92. The molecular weight excluding hydrogens is 188 g/mol. The Bertz CT molecular complexity index is 292. The summed E-state index contributed by atoms with van der Waals surface area (Å²) in [5, 5.41) is 9.59. The molecule has 0 amide bonds. The first-order chi connectivity index (χ1) is 5.52. The molecule has 1 nitrogen and oxygen atoms in total. The Balaban J connectivity index is 0.00000144. The number of benzene rings is 1. The summed E-state index contributed by atoms with van der Waals surface area (Å²) in [6, 6.07) is 3.90.